The van der Waals surface area contributed by atoms with Crippen molar-refractivity contribution in [3.63, 3.8) is 0 Å². The van der Waals surface area contributed by atoms with E-state index in [2.05, 4.69) is 5.32 Å². The highest BCUT2D eigenvalue weighted by molar-refractivity contribution is 5.94. The molecule has 1 N–H and O–H groups in total. The van der Waals surface area contributed by atoms with Crippen LogP contribution in [-0.2, 0) is 9.53 Å². The highest BCUT2D eigenvalue weighted by Crippen LogP contribution is 2.20. The number of ether oxygens (including phenoxy) is 1. The maximum atomic E-state index is 12.0. The third kappa shape index (κ3) is 4.48. The Bertz CT molecular complexity index is 508. The van der Waals surface area contributed by atoms with Gasteiger partial charge in [0.1, 0.15) is 5.60 Å². The third-order valence-corrected chi connectivity index (χ3v) is 3.20. The molecule has 2 rings (SSSR count). The van der Waals surface area contributed by atoms with E-state index in [0.717, 1.165) is 5.69 Å². The quantitative estimate of drug-likeness (QED) is 0.911. The highest BCUT2D eigenvalue weighted by Gasteiger charge is 2.28. The minimum absolute atomic E-state index is 0.0854. The molecule has 0 aliphatic carbocycles. The van der Waals surface area contributed by atoms with Gasteiger partial charge < -0.3 is 15.0 Å². The molecule has 0 saturated carbocycles. The van der Waals surface area contributed by atoms with Gasteiger partial charge in [-0.1, -0.05) is 18.2 Å². The van der Waals surface area contributed by atoms with E-state index >= 15 is 0 Å². The maximum Gasteiger partial charge on any atom is 0.407 e. The summed E-state index contributed by atoms with van der Waals surface area (Å²) < 4.78 is 5.25. The molecule has 0 radical (unpaired) electrons. The van der Waals surface area contributed by atoms with Crippen molar-refractivity contribution in [3.8, 4) is 0 Å². The second kappa shape index (κ2) is 6.16. The lowest BCUT2D eigenvalue weighted by Crippen LogP contribution is -2.51. The van der Waals surface area contributed by atoms with Crippen LogP contribution in [0, 0.1) is 0 Å². The Morgan fingerprint density at radius 2 is 1.95 bits per heavy atom. The maximum absolute atomic E-state index is 12.0. The smallest absolute Gasteiger partial charge is 0.407 e. The fourth-order valence-corrected chi connectivity index (χ4v) is 2.30. The van der Waals surface area contributed by atoms with Crippen LogP contribution in [0.5, 0.6) is 0 Å². The number of anilines is 1. The second-order valence-corrected chi connectivity index (χ2v) is 6.22. The second-order valence-electron chi connectivity index (χ2n) is 6.22. The number of piperidine rings is 1. The summed E-state index contributed by atoms with van der Waals surface area (Å²) in [5.41, 5.74) is 0.339. The van der Waals surface area contributed by atoms with Gasteiger partial charge in [-0.3, -0.25) is 4.79 Å². The summed E-state index contributed by atoms with van der Waals surface area (Å²) in [5, 5.41) is 2.84. The lowest BCUT2D eigenvalue weighted by atomic mass is 10.0. The molecule has 1 unspecified atom stereocenters. The number of carbonyl (C=O) groups excluding carboxylic acids is 2. The van der Waals surface area contributed by atoms with Gasteiger partial charge in [-0.2, -0.15) is 0 Å². The van der Waals surface area contributed by atoms with Gasteiger partial charge in [0, 0.05) is 18.7 Å². The van der Waals surface area contributed by atoms with Crippen molar-refractivity contribution in [2.24, 2.45) is 0 Å². The molecule has 1 atom stereocenters. The topological polar surface area (TPSA) is 58.6 Å². The number of amides is 2. The SMILES string of the molecule is CC(C)(C)OC(=O)NC1CCC(=O)N(c2ccccc2)C1. The molecule has 0 spiro atoms. The largest absolute Gasteiger partial charge is 0.444 e. The zero-order chi connectivity index (χ0) is 15.5. The Morgan fingerprint density at radius 1 is 1.29 bits per heavy atom. The summed E-state index contributed by atoms with van der Waals surface area (Å²) in [6.07, 6.45) is 0.631. The van der Waals surface area contributed by atoms with E-state index in [-0.39, 0.29) is 11.9 Å². The molecule has 1 aliphatic heterocycles. The van der Waals surface area contributed by atoms with Crippen molar-refractivity contribution in [2.75, 3.05) is 11.4 Å². The van der Waals surface area contributed by atoms with Crippen LogP contribution in [0.2, 0.25) is 0 Å². The number of nitrogens with zero attached hydrogens (tertiary/aromatic N) is 1. The van der Waals surface area contributed by atoms with Crippen LogP contribution in [0.25, 0.3) is 0 Å². The van der Waals surface area contributed by atoms with Gasteiger partial charge in [0.25, 0.3) is 0 Å². The van der Waals surface area contributed by atoms with E-state index in [1.54, 1.807) is 4.90 Å². The van der Waals surface area contributed by atoms with E-state index in [9.17, 15) is 9.59 Å². The van der Waals surface area contributed by atoms with Crippen molar-refractivity contribution in [3.05, 3.63) is 30.3 Å². The molecule has 1 aliphatic rings. The third-order valence-electron chi connectivity index (χ3n) is 3.20. The van der Waals surface area contributed by atoms with Crippen LogP contribution < -0.4 is 10.2 Å². The molecule has 1 heterocycles. The molecule has 0 bridgehead atoms. The van der Waals surface area contributed by atoms with Crippen LogP contribution in [0.3, 0.4) is 0 Å². The van der Waals surface area contributed by atoms with E-state index in [4.69, 9.17) is 4.74 Å². The summed E-state index contributed by atoms with van der Waals surface area (Å²) in [6.45, 7) is 5.95. The summed E-state index contributed by atoms with van der Waals surface area (Å²) in [4.78, 5) is 25.6. The zero-order valence-electron chi connectivity index (χ0n) is 12.8. The number of nitrogens with one attached hydrogen (secondary N) is 1. The van der Waals surface area contributed by atoms with Crippen LogP contribution in [0.15, 0.2) is 30.3 Å². The molecule has 1 saturated heterocycles. The van der Waals surface area contributed by atoms with Gasteiger partial charge in [-0.15, -0.1) is 0 Å². The first kappa shape index (κ1) is 15.4. The van der Waals surface area contributed by atoms with Crippen molar-refractivity contribution >= 4 is 17.7 Å². The molecular formula is C16H22N2O3. The average Bonchev–Trinajstić information content (AvgIpc) is 2.40. The van der Waals surface area contributed by atoms with Gasteiger partial charge in [-0.05, 0) is 39.3 Å². The monoisotopic (exact) mass is 290 g/mol. The molecule has 21 heavy (non-hydrogen) atoms. The van der Waals surface area contributed by atoms with Gasteiger partial charge in [0.2, 0.25) is 5.91 Å². The summed E-state index contributed by atoms with van der Waals surface area (Å²) in [6, 6.07) is 9.41. The molecule has 1 aromatic rings. The Kier molecular flexibility index (Phi) is 4.50. The van der Waals surface area contributed by atoms with E-state index in [0.29, 0.717) is 19.4 Å². The Labute approximate surface area is 125 Å². The average molecular weight is 290 g/mol. The number of hydrogen-bond acceptors (Lipinski definition) is 3. The molecule has 2 amide bonds. The summed E-state index contributed by atoms with van der Waals surface area (Å²) in [7, 11) is 0. The van der Waals surface area contributed by atoms with Crippen LogP contribution in [0.1, 0.15) is 33.6 Å². The fraction of sp³-hybridized carbons (Fsp3) is 0.500. The zero-order valence-corrected chi connectivity index (χ0v) is 12.8. The number of benzene rings is 1. The van der Waals surface area contributed by atoms with E-state index in [1.165, 1.54) is 0 Å². The molecule has 1 aromatic carbocycles. The molecule has 1 fully saturated rings. The normalized spacial score (nSPS) is 19.3. The number of rotatable bonds is 2. The lowest BCUT2D eigenvalue weighted by molar-refractivity contribution is -0.119. The van der Waals surface area contributed by atoms with Gasteiger partial charge in [0.05, 0.1) is 6.04 Å². The van der Waals surface area contributed by atoms with Crippen molar-refractivity contribution in [2.45, 2.75) is 45.3 Å². The van der Waals surface area contributed by atoms with Crippen molar-refractivity contribution < 1.29 is 14.3 Å². The van der Waals surface area contributed by atoms with Gasteiger partial charge >= 0.3 is 6.09 Å². The first-order valence-corrected chi connectivity index (χ1v) is 7.20. The predicted octanol–water partition coefficient (Wildman–Crippen LogP) is 2.71. The van der Waals surface area contributed by atoms with Crippen LogP contribution in [0.4, 0.5) is 10.5 Å². The summed E-state index contributed by atoms with van der Waals surface area (Å²) >= 11 is 0. The number of carbonyl (C=O) groups is 2. The Hall–Kier alpha value is -2.04. The van der Waals surface area contributed by atoms with Crippen LogP contribution in [-0.4, -0.2) is 30.2 Å². The van der Waals surface area contributed by atoms with Gasteiger partial charge in [-0.25, -0.2) is 4.79 Å². The molecule has 5 heteroatoms. The Balaban J connectivity index is 1.98. The summed E-state index contributed by atoms with van der Waals surface area (Å²) in [5.74, 6) is 0.0865. The van der Waals surface area contributed by atoms with Crippen molar-refractivity contribution in [1.82, 2.24) is 5.32 Å². The van der Waals surface area contributed by atoms with Gasteiger partial charge in [0.15, 0.2) is 0 Å². The highest BCUT2D eigenvalue weighted by atomic mass is 16.6. The minimum atomic E-state index is -0.520. The fourth-order valence-electron chi connectivity index (χ4n) is 2.30. The first-order chi connectivity index (χ1) is 9.85. The first-order valence-electron chi connectivity index (χ1n) is 7.20. The number of hydrogen-bond donors (Lipinski definition) is 1. The lowest BCUT2D eigenvalue weighted by Gasteiger charge is -2.33. The number of alkyl carbamates (subject to hydrolysis) is 1. The van der Waals surface area contributed by atoms with E-state index in [1.807, 2.05) is 51.1 Å². The molecule has 0 aromatic heterocycles. The van der Waals surface area contributed by atoms with E-state index < -0.39 is 11.7 Å². The van der Waals surface area contributed by atoms with Crippen molar-refractivity contribution in [1.29, 1.82) is 0 Å². The standard InChI is InChI=1S/C16H22N2O3/c1-16(2,3)21-15(20)17-12-9-10-14(19)18(11-12)13-7-5-4-6-8-13/h4-8,12H,9-11H2,1-3H3,(H,17,20). The molecule has 114 valence electrons. The predicted molar refractivity (Wildman–Crippen MR) is 81.2 cm³/mol. The number of para-hydroxylation sites is 1. The molecular weight excluding hydrogens is 268 g/mol. The Morgan fingerprint density at radius 3 is 2.57 bits per heavy atom. The minimum Gasteiger partial charge on any atom is -0.444 e. The van der Waals surface area contributed by atoms with Crippen LogP contribution >= 0.6 is 0 Å². The molecule has 5 nitrogen and oxygen atoms in total.